The molecular weight excluding hydrogens is 254 g/mol. The highest BCUT2D eigenvalue weighted by Crippen LogP contribution is 2.37. The van der Waals surface area contributed by atoms with Crippen molar-refractivity contribution in [3.63, 3.8) is 0 Å². The second-order valence-corrected chi connectivity index (χ2v) is 7.12. The molecule has 0 amide bonds. The fourth-order valence-corrected chi connectivity index (χ4v) is 4.49. The number of anilines is 1. The third-order valence-corrected chi connectivity index (χ3v) is 5.77. The predicted octanol–water partition coefficient (Wildman–Crippen LogP) is 3.37. The van der Waals surface area contributed by atoms with E-state index < -0.39 is 0 Å². The minimum Gasteiger partial charge on any atom is -0.348 e. The third-order valence-electron chi connectivity index (χ3n) is 4.58. The third kappa shape index (κ3) is 2.79. The highest BCUT2D eigenvalue weighted by Gasteiger charge is 2.25. The molecule has 0 spiro atoms. The molecule has 4 heteroatoms. The predicted molar refractivity (Wildman–Crippen MR) is 82.1 cm³/mol. The monoisotopic (exact) mass is 279 g/mol. The Balaban J connectivity index is 1.80. The molecule has 2 heterocycles. The van der Waals surface area contributed by atoms with Gasteiger partial charge in [0.05, 0.1) is 11.7 Å². The molecule has 106 valence electrons. The van der Waals surface area contributed by atoms with E-state index in [1.165, 1.54) is 67.3 Å². The molecule has 1 aliphatic heterocycles. The lowest BCUT2D eigenvalue weighted by Gasteiger charge is -2.20. The van der Waals surface area contributed by atoms with Crippen molar-refractivity contribution in [2.24, 2.45) is 5.92 Å². The maximum Gasteiger partial charge on any atom is 0.185 e. The molecule has 2 atom stereocenters. The molecule has 0 bridgehead atoms. The van der Waals surface area contributed by atoms with Crippen molar-refractivity contribution >= 4 is 16.5 Å². The molecule has 3 nitrogen and oxygen atoms in total. The van der Waals surface area contributed by atoms with Crippen LogP contribution < -0.4 is 10.2 Å². The van der Waals surface area contributed by atoms with Crippen LogP contribution in [0.4, 0.5) is 5.13 Å². The van der Waals surface area contributed by atoms with Crippen LogP contribution in [0, 0.1) is 5.92 Å². The lowest BCUT2D eigenvalue weighted by atomic mass is 9.98. The van der Waals surface area contributed by atoms with Crippen LogP contribution in [0.15, 0.2) is 0 Å². The number of thiazole rings is 1. The quantitative estimate of drug-likeness (QED) is 0.899. The maximum absolute atomic E-state index is 4.98. The summed E-state index contributed by atoms with van der Waals surface area (Å²) in [4.78, 5) is 9.03. The van der Waals surface area contributed by atoms with E-state index in [4.69, 9.17) is 4.98 Å². The van der Waals surface area contributed by atoms with Gasteiger partial charge in [0.2, 0.25) is 0 Å². The van der Waals surface area contributed by atoms with E-state index in [9.17, 15) is 0 Å². The zero-order valence-electron chi connectivity index (χ0n) is 12.1. The summed E-state index contributed by atoms with van der Waals surface area (Å²) in [6.45, 7) is 4.77. The number of aryl methyl sites for hydroxylation is 1. The van der Waals surface area contributed by atoms with Crippen LogP contribution in [0.2, 0.25) is 0 Å². The fraction of sp³-hybridized carbons (Fsp3) is 0.800. The molecule has 0 aromatic carbocycles. The Kier molecular flexibility index (Phi) is 4.08. The number of hydrogen-bond donors (Lipinski definition) is 1. The number of rotatable bonds is 2. The lowest BCUT2D eigenvalue weighted by molar-refractivity contribution is 0.489. The van der Waals surface area contributed by atoms with Gasteiger partial charge in [0.1, 0.15) is 0 Å². The van der Waals surface area contributed by atoms with E-state index in [0.29, 0.717) is 6.04 Å². The van der Waals surface area contributed by atoms with Crippen LogP contribution in [-0.4, -0.2) is 25.1 Å². The molecular formula is C15H25N3S. The van der Waals surface area contributed by atoms with E-state index in [1.807, 2.05) is 11.3 Å². The topological polar surface area (TPSA) is 28.2 Å². The first-order valence-corrected chi connectivity index (χ1v) is 8.51. The van der Waals surface area contributed by atoms with Gasteiger partial charge >= 0.3 is 0 Å². The number of nitrogens with one attached hydrogen (secondary N) is 1. The minimum atomic E-state index is 0.486. The molecule has 0 radical (unpaired) electrons. The molecule has 1 aromatic heterocycles. The number of hydrogen-bond acceptors (Lipinski definition) is 4. The molecule has 3 rings (SSSR count). The van der Waals surface area contributed by atoms with E-state index >= 15 is 0 Å². The summed E-state index contributed by atoms with van der Waals surface area (Å²) in [7, 11) is 2.06. The standard InChI is InChI=1S/C15H25N3S/c1-11-5-4-9-18(10-8-11)15-17-14-12(16-2)6-3-7-13(14)19-15/h11-12,16H,3-10H2,1-2H3. The summed E-state index contributed by atoms with van der Waals surface area (Å²) in [5.41, 5.74) is 1.34. The van der Waals surface area contributed by atoms with E-state index in [-0.39, 0.29) is 0 Å². The van der Waals surface area contributed by atoms with Gasteiger partial charge in [0, 0.05) is 18.0 Å². The summed E-state index contributed by atoms with van der Waals surface area (Å²) in [6, 6.07) is 0.486. The Labute approximate surface area is 120 Å². The van der Waals surface area contributed by atoms with Crippen molar-refractivity contribution in [1.82, 2.24) is 10.3 Å². The number of aromatic nitrogens is 1. The zero-order chi connectivity index (χ0) is 13.2. The summed E-state index contributed by atoms with van der Waals surface area (Å²) in [5.74, 6) is 0.879. The Morgan fingerprint density at radius 3 is 2.95 bits per heavy atom. The average molecular weight is 279 g/mol. The first-order valence-electron chi connectivity index (χ1n) is 7.69. The highest BCUT2D eigenvalue weighted by molar-refractivity contribution is 7.15. The van der Waals surface area contributed by atoms with Crippen LogP contribution >= 0.6 is 11.3 Å². The van der Waals surface area contributed by atoms with Crippen molar-refractivity contribution in [1.29, 1.82) is 0 Å². The fourth-order valence-electron chi connectivity index (χ4n) is 3.28. The first kappa shape index (κ1) is 13.4. The molecule has 0 saturated carbocycles. The van der Waals surface area contributed by atoms with Crippen LogP contribution in [0.3, 0.4) is 0 Å². The van der Waals surface area contributed by atoms with Crippen LogP contribution in [0.25, 0.3) is 0 Å². The van der Waals surface area contributed by atoms with Gasteiger partial charge < -0.3 is 10.2 Å². The van der Waals surface area contributed by atoms with Gasteiger partial charge in [-0.15, -0.1) is 11.3 Å². The highest BCUT2D eigenvalue weighted by atomic mass is 32.1. The second kappa shape index (κ2) is 5.80. The molecule has 2 unspecified atom stereocenters. The van der Waals surface area contributed by atoms with Gasteiger partial charge in [-0.1, -0.05) is 6.92 Å². The van der Waals surface area contributed by atoms with Crippen LogP contribution in [0.1, 0.15) is 55.6 Å². The van der Waals surface area contributed by atoms with Gasteiger partial charge in [-0.25, -0.2) is 4.98 Å². The summed E-state index contributed by atoms with van der Waals surface area (Å²) < 4.78 is 0. The first-order chi connectivity index (χ1) is 9.28. The Morgan fingerprint density at radius 1 is 1.21 bits per heavy atom. The van der Waals surface area contributed by atoms with Crippen molar-refractivity contribution in [2.75, 3.05) is 25.0 Å². The van der Waals surface area contributed by atoms with Crippen molar-refractivity contribution in [3.8, 4) is 0 Å². The number of nitrogens with zero attached hydrogens (tertiary/aromatic N) is 2. The Morgan fingerprint density at radius 2 is 2.11 bits per heavy atom. The SMILES string of the molecule is CNC1CCCc2sc(N3CCCC(C)CC3)nc21. The average Bonchev–Trinajstić information content (AvgIpc) is 2.74. The molecule has 1 fully saturated rings. The van der Waals surface area contributed by atoms with Gasteiger partial charge in [0.15, 0.2) is 5.13 Å². The Bertz CT molecular complexity index is 429. The number of fused-ring (bicyclic) bond motifs is 1. The van der Waals surface area contributed by atoms with E-state index in [2.05, 4.69) is 24.2 Å². The van der Waals surface area contributed by atoms with Gasteiger partial charge in [-0.3, -0.25) is 0 Å². The summed E-state index contributed by atoms with van der Waals surface area (Å²) >= 11 is 1.95. The lowest BCUT2D eigenvalue weighted by Crippen LogP contribution is -2.24. The minimum absolute atomic E-state index is 0.486. The molecule has 19 heavy (non-hydrogen) atoms. The molecule has 1 saturated heterocycles. The molecule has 1 aliphatic carbocycles. The maximum atomic E-state index is 4.98. The van der Waals surface area contributed by atoms with Crippen molar-refractivity contribution in [3.05, 3.63) is 10.6 Å². The molecule has 1 N–H and O–H groups in total. The van der Waals surface area contributed by atoms with Crippen LogP contribution in [0.5, 0.6) is 0 Å². The zero-order valence-corrected chi connectivity index (χ0v) is 12.9. The molecule has 2 aliphatic rings. The molecule has 1 aromatic rings. The summed E-state index contributed by atoms with van der Waals surface area (Å²) in [6.07, 6.45) is 7.79. The normalized spacial score (nSPS) is 28.0. The Hall–Kier alpha value is -0.610. The van der Waals surface area contributed by atoms with E-state index in [1.54, 1.807) is 0 Å². The van der Waals surface area contributed by atoms with Crippen molar-refractivity contribution < 1.29 is 0 Å². The van der Waals surface area contributed by atoms with Crippen LogP contribution in [-0.2, 0) is 6.42 Å². The van der Waals surface area contributed by atoms with Gasteiger partial charge in [0.25, 0.3) is 0 Å². The van der Waals surface area contributed by atoms with Crippen molar-refractivity contribution in [2.45, 2.75) is 51.5 Å². The second-order valence-electron chi connectivity index (χ2n) is 6.06. The van der Waals surface area contributed by atoms with Gasteiger partial charge in [-0.05, 0) is 51.5 Å². The van der Waals surface area contributed by atoms with Gasteiger partial charge in [-0.2, -0.15) is 0 Å². The smallest absolute Gasteiger partial charge is 0.185 e. The van der Waals surface area contributed by atoms with E-state index in [0.717, 1.165) is 5.92 Å². The summed E-state index contributed by atoms with van der Waals surface area (Å²) in [5, 5.41) is 4.70. The largest absolute Gasteiger partial charge is 0.348 e.